The van der Waals surface area contributed by atoms with E-state index in [1.54, 1.807) is 6.26 Å². The number of aliphatic hydroxyl groups is 1. The standard InChI is InChI=1S/C25H31ClN2O2S/c1-31(30)22-14-19-4-3-18-13-17(16-5-8-20(26)9-6-16)7-10-21(18)23(19)27-24(22)28-25(15-29)11-2-12-25/h5-6,8-9,14,17-18,21,29H,2-4,7,10-13,15H2,1H3,(H,27,28)/t17?,18?,21?,31-/m0/s1. The topological polar surface area (TPSA) is 62.2 Å². The average molecular weight is 459 g/mol. The van der Waals surface area contributed by atoms with Crippen LogP contribution in [0, 0.1) is 5.92 Å². The summed E-state index contributed by atoms with van der Waals surface area (Å²) >= 11 is 6.09. The summed E-state index contributed by atoms with van der Waals surface area (Å²) in [5, 5.41) is 14.2. The van der Waals surface area contributed by atoms with Crippen molar-refractivity contribution >= 4 is 28.2 Å². The van der Waals surface area contributed by atoms with Crippen molar-refractivity contribution < 1.29 is 9.32 Å². The second-order valence-electron chi connectivity index (χ2n) is 9.72. The first kappa shape index (κ1) is 21.4. The monoisotopic (exact) mass is 458 g/mol. The van der Waals surface area contributed by atoms with Crippen LogP contribution in [-0.4, -0.2) is 32.7 Å². The predicted molar refractivity (Wildman–Crippen MR) is 126 cm³/mol. The second-order valence-corrected chi connectivity index (χ2v) is 11.5. The molecule has 4 nitrogen and oxygen atoms in total. The Balaban J connectivity index is 1.42. The van der Waals surface area contributed by atoms with Crippen LogP contribution in [0.15, 0.2) is 35.2 Å². The van der Waals surface area contributed by atoms with Crippen molar-refractivity contribution in [3.8, 4) is 0 Å². The number of hydrogen-bond donors (Lipinski definition) is 2. The molecular weight excluding hydrogens is 428 g/mol. The normalized spacial score (nSPS) is 27.5. The van der Waals surface area contributed by atoms with Gasteiger partial charge in [0.15, 0.2) is 0 Å². The smallest absolute Gasteiger partial charge is 0.143 e. The summed E-state index contributed by atoms with van der Waals surface area (Å²) in [4.78, 5) is 5.89. The molecule has 3 aliphatic carbocycles. The van der Waals surface area contributed by atoms with Crippen molar-refractivity contribution in [2.75, 3.05) is 18.2 Å². The van der Waals surface area contributed by atoms with E-state index in [0.717, 1.165) is 54.3 Å². The van der Waals surface area contributed by atoms with E-state index in [1.165, 1.54) is 29.7 Å². The first-order valence-corrected chi connectivity index (χ1v) is 13.4. The van der Waals surface area contributed by atoms with E-state index in [-0.39, 0.29) is 12.1 Å². The number of pyridine rings is 1. The van der Waals surface area contributed by atoms with Gasteiger partial charge in [-0.25, -0.2) is 4.98 Å². The zero-order valence-corrected chi connectivity index (χ0v) is 19.6. The molecule has 2 fully saturated rings. The van der Waals surface area contributed by atoms with Crippen molar-refractivity contribution in [3.63, 3.8) is 0 Å². The second kappa shape index (κ2) is 8.49. The van der Waals surface area contributed by atoms with Crippen LogP contribution in [-0.2, 0) is 17.2 Å². The third kappa shape index (κ3) is 4.05. The molecule has 1 heterocycles. The highest BCUT2D eigenvalue weighted by molar-refractivity contribution is 7.84. The molecule has 1 aromatic carbocycles. The molecule has 31 heavy (non-hydrogen) atoms. The molecule has 0 spiro atoms. The third-order valence-electron chi connectivity index (χ3n) is 7.87. The van der Waals surface area contributed by atoms with Crippen molar-refractivity contribution in [1.82, 2.24) is 4.98 Å². The van der Waals surface area contributed by atoms with E-state index < -0.39 is 10.8 Å². The number of halogens is 1. The maximum Gasteiger partial charge on any atom is 0.143 e. The molecule has 4 atom stereocenters. The van der Waals surface area contributed by atoms with Crippen LogP contribution < -0.4 is 5.32 Å². The number of fused-ring (bicyclic) bond motifs is 3. The number of nitrogens with zero attached hydrogens (tertiary/aromatic N) is 1. The van der Waals surface area contributed by atoms with Gasteiger partial charge in [0.2, 0.25) is 0 Å². The van der Waals surface area contributed by atoms with Crippen LogP contribution in [0.3, 0.4) is 0 Å². The van der Waals surface area contributed by atoms with E-state index in [1.807, 2.05) is 12.1 Å². The number of nitrogens with one attached hydrogen (secondary N) is 1. The lowest BCUT2D eigenvalue weighted by molar-refractivity contribution is 0.143. The van der Waals surface area contributed by atoms with Gasteiger partial charge in [-0.3, -0.25) is 4.21 Å². The van der Waals surface area contributed by atoms with Crippen molar-refractivity contribution in [3.05, 3.63) is 52.2 Å². The SMILES string of the molecule is C[S@](=O)c1cc2c(nc1NC1(CO)CCC1)C1CCC(c3ccc(Cl)cc3)CC1CC2. The van der Waals surface area contributed by atoms with Crippen molar-refractivity contribution in [2.24, 2.45) is 5.92 Å². The van der Waals surface area contributed by atoms with Gasteiger partial charge in [0.1, 0.15) is 5.82 Å². The number of benzene rings is 1. The number of aromatic nitrogens is 1. The van der Waals surface area contributed by atoms with Gasteiger partial charge in [0, 0.05) is 22.9 Å². The number of anilines is 1. The fourth-order valence-corrected chi connectivity index (χ4v) is 6.68. The average Bonchev–Trinajstić information content (AvgIpc) is 2.75. The zero-order valence-electron chi connectivity index (χ0n) is 18.1. The third-order valence-corrected chi connectivity index (χ3v) is 9.05. The summed E-state index contributed by atoms with van der Waals surface area (Å²) in [7, 11) is -1.11. The fourth-order valence-electron chi connectivity index (χ4n) is 5.88. The number of aryl methyl sites for hydroxylation is 1. The number of rotatable bonds is 5. The van der Waals surface area contributed by atoms with E-state index >= 15 is 0 Å². The maximum absolute atomic E-state index is 12.5. The van der Waals surface area contributed by atoms with Crippen molar-refractivity contribution in [1.29, 1.82) is 0 Å². The van der Waals surface area contributed by atoms with Gasteiger partial charge in [-0.2, -0.15) is 0 Å². The molecule has 0 amide bonds. The molecule has 0 bridgehead atoms. The first-order chi connectivity index (χ1) is 15.0. The van der Waals surface area contributed by atoms with Crippen molar-refractivity contribution in [2.45, 2.75) is 73.6 Å². The number of hydrogen-bond acceptors (Lipinski definition) is 4. The summed E-state index contributed by atoms with van der Waals surface area (Å²) in [6.07, 6.45) is 10.4. The minimum absolute atomic E-state index is 0.0936. The van der Waals surface area contributed by atoms with Gasteiger partial charge in [-0.15, -0.1) is 0 Å². The molecular formula is C25H31ClN2O2S. The predicted octanol–water partition coefficient (Wildman–Crippen LogP) is 5.41. The van der Waals surface area contributed by atoms with E-state index in [9.17, 15) is 9.32 Å². The summed E-state index contributed by atoms with van der Waals surface area (Å²) in [5.41, 5.74) is 3.58. The van der Waals surface area contributed by atoms with Crippen LogP contribution >= 0.6 is 11.6 Å². The molecule has 3 aliphatic rings. The van der Waals surface area contributed by atoms with Crippen LogP contribution in [0.1, 0.15) is 73.6 Å². The van der Waals surface area contributed by atoms with Crippen LogP contribution in [0.25, 0.3) is 0 Å². The van der Waals surface area contributed by atoms with Gasteiger partial charge in [-0.1, -0.05) is 23.7 Å². The molecule has 2 aromatic rings. The molecule has 0 radical (unpaired) electrons. The van der Waals surface area contributed by atoms with Gasteiger partial charge in [0.25, 0.3) is 0 Å². The lowest BCUT2D eigenvalue weighted by Crippen LogP contribution is -2.48. The Labute approximate surface area is 192 Å². The van der Waals surface area contributed by atoms with E-state index in [0.29, 0.717) is 17.8 Å². The van der Waals surface area contributed by atoms with E-state index in [4.69, 9.17) is 16.6 Å². The summed E-state index contributed by atoms with van der Waals surface area (Å²) in [6, 6.07) is 10.5. The molecule has 166 valence electrons. The highest BCUT2D eigenvalue weighted by Crippen LogP contribution is 2.50. The van der Waals surface area contributed by atoms with Gasteiger partial charge in [-0.05, 0) is 92.5 Å². The van der Waals surface area contributed by atoms with Gasteiger partial charge >= 0.3 is 0 Å². The Kier molecular flexibility index (Phi) is 5.87. The maximum atomic E-state index is 12.5. The quantitative estimate of drug-likeness (QED) is 0.628. The molecule has 5 rings (SSSR count). The fraction of sp³-hybridized carbons (Fsp3) is 0.560. The highest BCUT2D eigenvalue weighted by Gasteiger charge is 2.40. The lowest BCUT2D eigenvalue weighted by atomic mass is 9.65. The summed E-state index contributed by atoms with van der Waals surface area (Å²) < 4.78 is 12.5. The first-order valence-electron chi connectivity index (χ1n) is 11.5. The van der Waals surface area contributed by atoms with E-state index in [2.05, 4.69) is 23.5 Å². The van der Waals surface area contributed by atoms with Crippen LogP contribution in [0.2, 0.25) is 5.02 Å². The Bertz CT molecular complexity index is 984. The van der Waals surface area contributed by atoms with Gasteiger partial charge in [0.05, 0.1) is 27.8 Å². The Hall–Kier alpha value is -1.43. The lowest BCUT2D eigenvalue weighted by Gasteiger charge is -2.43. The minimum Gasteiger partial charge on any atom is -0.394 e. The molecule has 1 aromatic heterocycles. The minimum atomic E-state index is -1.11. The molecule has 3 unspecified atom stereocenters. The van der Waals surface area contributed by atoms with Gasteiger partial charge < -0.3 is 10.4 Å². The van der Waals surface area contributed by atoms with Crippen LogP contribution in [0.4, 0.5) is 5.82 Å². The molecule has 0 aliphatic heterocycles. The molecule has 2 N–H and O–H groups in total. The summed E-state index contributed by atoms with van der Waals surface area (Å²) in [5.74, 6) is 2.43. The molecule has 6 heteroatoms. The van der Waals surface area contributed by atoms with Crippen LogP contribution in [0.5, 0.6) is 0 Å². The Morgan fingerprint density at radius 3 is 2.65 bits per heavy atom. The molecule has 2 saturated carbocycles. The zero-order chi connectivity index (χ0) is 21.6. The largest absolute Gasteiger partial charge is 0.394 e. The Morgan fingerprint density at radius 2 is 2.00 bits per heavy atom. The highest BCUT2D eigenvalue weighted by atomic mass is 35.5. The number of aliphatic hydroxyl groups excluding tert-OH is 1. The molecule has 0 saturated heterocycles. The summed E-state index contributed by atoms with van der Waals surface area (Å²) in [6.45, 7) is 0.0936. The Morgan fingerprint density at radius 1 is 1.23 bits per heavy atom.